The molecule has 25 heavy (non-hydrogen) atoms. The van der Waals surface area contributed by atoms with E-state index in [-0.39, 0.29) is 5.75 Å². The Bertz CT molecular complexity index is 380. The maximum Gasteiger partial charge on any atom is 0.265 e. The zero-order valence-electron chi connectivity index (χ0n) is 17.1. The Labute approximate surface area is 157 Å². The Morgan fingerprint density at radius 3 is 1.40 bits per heavy atom. The molecule has 0 aromatic rings. The maximum atomic E-state index is 11.0. The summed E-state index contributed by atoms with van der Waals surface area (Å²) in [5.41, 5.74) is 0. The molecule has 0 atom stereocenters. The fourth-order valence-electron chi connectivity index (χ4n) is 3.51. The average Bonchev–Trinajstić information content (AvgIpc) is 2.53. The molecule has 4 nitrogen and oxygen atoms in total. The maximum absolute atomic E-state index is 11.0. The molecule has 0 aromatic heterocycles. The minimum Gasteiger partial charge on any atom is -0.326 e. The monoisotopic (exact) mass is 378 g/mol. The predicted octanol–water partition coefficient (Wildman–Crippen LogP) is 5.43. The first-order valence-electron chi connectivity index (χ1n) is 10.6. The lowest BCUT2D eigenvalue weighted by Gasteiger charge is -2.35. The van der Waals surface area contributed by atoms with Gasteiger partial charge in [0.25, 0.3) is 10.1 Å². The molecule has 0 aromatic carbocycles. The van der Waals surface area contributed by atoms with Gasteiger partial charge in [0.15, 0.2) is 0 Å². The van der Waals surface area contributed by atoms with E-state index in [1.54, 1.807) is 0 Å². The molecule has 0 amide bonds. The van der Waals surface area contributed by atoms with Gasteiger partial charge < -0.3 is 4.48 Å². The van der Waals surface area contributed by atoms with Crippen LogP contribution in [0.2, 0.25) is 0 Å². The van der Waals surface area contributed by atoms with Crippen molar-refractivity contribution in [2.24, 2.45) is 0 Å². The van der Waals surface area contributed by atoms with Crippen molar-refractivity contribution < 1.29 is 17.5 Å². The smallest absolute Gasteiger partial charge is 0.265 e. The Hall–Kier alpha value is -0.130. The van der Waals surface area contributed by atoms with Crippen molar-refractivity contribution in [3.8, 4) is 0 Å². The molecule has 0 spiro atoms. The average molecular weight is 379 g/mol. The van der Waals surface area contributed by atoms with E-state index < -0.39 is 10.1 Å². The highest BCUT2D eigenvalue weighted by atomic mass is 32.2. The van der Waals surface area contributed by atoms with Crippen LogP contribution < -0.4 is 0 Å². The molecular weight excluding hydrogens is 334 g/mol. The van der Waals surface area contributed by atoms with Gasteiger partial charge in [0, 0.05) is 6.42 Å². The zero-order chi connectivity index (χ0) is 19.0. The SMILES string of the molecule is CCCCCCCC[N+](C)(CCCCCCCC)CCCS(=O)(=O)O. The van der Waals surface area contributed by atoms with Gasteiger partial charge in [-0.1, -0.05) is 65.2 Å². The van der Waals surface area contributed by atoms with Crippen molar-refractivity contribution in [2.45, 2.75) is 97.3 Å². The minimum atomic E-state index is -3.83. The van der Waals surface area contributed by atoms with E-state index in [1.165, 1.54) is 77.0 Å². The summed E-state index contributed by atoms with van der Waals surface area (Å²) in [6, 6.07) is 0. The fourth-order valence-corrected chi connectivity index (χ4v) is 4.01. The summed E-state index contributed by atoms with van der Waals surface area (Å²) < 4.78 is 31.9. The predicted molar refractivity (Wildman–Crippen MR) is 109 cm³/mol. The van der Waals surface area contributed by atoms with Gasteiger partial charge in [-0.3, -0.25) is 4.55 Å². The highest BCUT2D eigenvalue weighted by Gasteiger charge is 2.21. The van der Waals surface area contributed by atoms with Crippen molar-refractivity contribution in [3.63, 3.8) is 0 Å². The van der Waals surface area contributed by atoms with E-state index in [9.17, 15) is 8.42 Å². The van der Waals surface area contributed by atoms with Crippen molar-refractivity contribution in [3.05, 3.63) is 0 Å². The number of hydrogen-bond donors (Lipinski definition) is 1. The second-order valence-corrected chi connectivity index (χ2v) is 9.54. The van der Waals surface area contributed by atoms with Crippen LogP contribution in [0.4, 0.5) is 0 Å². The van der Waals surface area contributed by atoms with Crippen molar-refractivity contribution in [2.75, 3.05) is 32.4 Å². The minimum absolute atomic E-state index is 0.103. The van der Waals surface area contributed by atoms with Gasteiger partial charge >= 0.3 is 0 Å². The quantitative estimate of drug-likeness (QED) is 0.196. The second-order valence-electron chi connectivity index (χ2n) is 7.97. The summed E-state index contributed by atoms with van der Waals surface area (Å²) in [4.78, 5) is 0. The first-order chi connectivity index (χ1) is 11.8. The van der Waals surface area contributed by atoms with Gasteiger partial charge in [-0.25, -0.2) is 0 Å². The van der Waals surface area contributed by atoms with Crippen molar-refractivity contribution in [1.82, 2.24) is 0 Å². The highest BCUT2D eigenvalue weighted by molar-refractivity contribution is 7.85. The topological polar surface area (TPSA) is 54.4 Å². The van der Waals surface area contributed by atoms with Crippen LogP contribution in [-0.4, -0.2) is 49.9 Å². The van der Waals surface area contributed by atoms with Crippen LogP contribution in [0.5, 0.6) is 0 Å². The van der Waals surface area contributed by atoms with E-state index in [4.69, 9.17) is 4.55 Å². The van der Waals surface area contributed by atoms with Crippen LogP contribution >= 0.6 is 0 Å². The van der Waals surface area contributed by atoms with Crippen molar-refractivity contribution >= 4 is 10.1 Å². The van der Waals surface area contributed by atoms with E-state index in [0.717, 1.165) is 24.1 Å². The summed E-state index contributed by atoms with van der Waals surface area (Å²) >= 11 is 0. The molecule has 5 heteroatoms. The zero-order valence-corrected chi connectivity index (χ0v) is 18.0. The molecule has 0 bridgehead atoms. The molecule has 0 unspecified atom stereocenters. The Balaban J connectivity index is 4.18. The molecule has 0 rings (SSSR count). The summed E-state index contributed by atoms with van der Waals surface area (Å²) in [7, 11) is -1.56. The van der Waals surface area contributed by atoms with Gasteiger partial charge in [-0.2, -0.15) is 8.42 Å². The number of unbranched alkanes of at least 4 members (excludes halogenated alkanes) is 10. The van der Waals surface area contributed by atoms with E-state index in [1.807, 2.05) is 0 Å². The third-order valence-corrected chi connectivity index (χ3v) is 6.01. The van der Waals surface area contributed by atoms with Crippen LogP contribution in [0.3, 0.4) is 0 Å². The molecule has 0 heterocycles. The van der Waals surface area contributed by atoms with Crippen LogP contribution in [0.25, 0.3) is 0 Å². The highest BCUT2D eigenvalue weighted by Crippen LogP contribution is 2.14. The number of rotatable bonds is 18. The third kappa shape index (κ3) is 17.1. The molecule has 0 saturated heterocycles. The number of quaternary nitrogens is 1. The first kappa shape index (κ1) is 24.9. The Morgan fingerprint density at radius 2 is 1.00 bits per heavy atom. The van der Waals surface area contributed by atoms with Crippen LogP contribution in [0, 0.1) is 0 Å². The largest absolute Gasteiger partial charge is 0.326 e. The lowest BCUT2D eigenvalue weighted by molar-refractivity contribution is -0.910. The van der Waals surface area contributed by atoms with Crippen LogP contribution in [0.15, 0.2) is 0 Å². The Kier molecular flexibility index (Phi) is 14.9. The molecule has 0 radical (unpaired) electrons. The molecule has 0 aliphatic heterocycles. The van der Waals surface area contributed by atoms with Crippen LogP contribution in [-0.2, 0) is 10.1 Å². The van der Waals surface area contributed by atoms with E-state index in [2.05, 4.69) is 20.9 Å². The summed E-state index contributed by atoms with van der Waals surface area (Å²) in [6.45, 7) is 7.59. The van der Waals surface area contributed by atoms with Gasteiger partial charge in [0.1, 0.15) is 0 Å². The Morgan fingerprint density at radius 1 is 0.640 bits per heavy atom. The van der Waals surface area contributed by atoms with Gasteiger partial charge in [-0.15, -0.1) is 0 Å². The normalized spacial score (nSPS) is 12.6. The van der Waals surface area contributed by atoms with Gasteiger partial charge in [0.2, 0.25) is 0 Å². The van der Waals surface area contributed by atoms with Crippen molar-refractivity contribution in [1.29, 1.82) is 0 Å². The van der Waals surface area contributed by atoms with E-state index >= 15 is 0 Å². The lowest BCUT2D eigenvalue weighted by atomic mass is 10.1. The van der Waals surface area contributed by atoms with Crippen LogP contribution in [0.1, 0.15) is 97.3 Å². The van der Waals surface area contributed by atoms with Gasteiger partial charge in [0.05, 0.1) is 32.4 Å². The van der Waals surface area contributed by atoms with E-state index in [0.29, 0.717) is 6.42 Å². The molecule has 0 aliphatic rings. The number of hydrogen-bond acceptors (Lipinski definition) is 2. The molecular formula is C20H44NO3S+. The lowest BCUT2D eigenvalue weighted by Crippen LogP contribution is -2.46. The summed E-state index contributed by atoms with van der Waals surface area (Å²) in [5, 5.41) is 0. The first-order valence-corrected chi connectivity index (χ1v) is 12.2. The second kappa shape index (κ2) is 15.0. The summed E-state index contributed by atoms with van der Waals surface area (Å²) in [6.07, 6.45) is 16.1. The molecule has 1 N–H and O–H groups in total. The molecule has 0 aliphatic carbocycles. The molecule has 0 saturated carbocycles. The molecule has 152 valence electrons. The fraction of sp³-hybridized carbons (Fsp3) is 1.00. The number of nitrogens with zero attached hydrogens (tertiary/aromatic N) is 1. The molecule has 0 fully saturated rings. The third-order valence-electron chi connectivity index (χ3n) is 5.20. The van der Waals surface area contributed by atoms with Gasteiger partial charge in [-0.05, 0) is 25.7 Å². The standard InChI is InChI=1S/C20H43NO3S/c1-4-6-8-10-12-14-17-21(3,19-16-20-25(22,23)24)18-15-13-11-9-7-5-2/h4-20H2,1-3H3/p+1. The summed E-state index contributed by atoms with van der Waals surface area (Å²) in [5.74, 6) is -0.103.